The fraction of sp³-hybridized carbons (Fsp3) is 0.417. The van der Waals surface area contributed by atoms with Crippen LogP contribution in [0.4, 0.5) is 0 Å². The van der Waals surface area contributed by atoms with Gasteiger partial charge in [-0.25, -0.2) is 4.57 Å². The molecule has 0 spiro atoms. The first-order chi connectivity index (χ1) is 8.92. The van der Waals surface area contributed by atoms with Gasteiger partial charge in [0, 0.05) is 6.42 Å². The van der Waals surface area contributed by atoms with E-state index in [9.17, 15) is 9.36 Å². The van der Waals surface area contributed by atoms with E-state index in [1.54, 1.807) is 24.3 Å². The van der Waals surface area contributed by atoms with E-state index in [2.05, 4.69) is 9.84 Å². The van der Waals surface area contributed by atoms with E-state index in [0.717, 1.165) is 5.56 Å². The molecule has 1 amide bonds. The molecule has 19 heavy (non-hydrogen) atoms. The Morgan fingerprint density at radius 1 is 1.37 bits per heavy atom. The minimum atomic E-state index is -4.55. The van der Waals surface area contributed by atoms with E-state index in [-0.39, 0.29) is 12.5 Å². The molecule has 0 fully saturated rings. The van der Waals surface area contributed by atoms with E-state index >= 15 is 0 Å². The molecular weight excluding hydrogens is 269 g/mol. The topological polar surface area (TPSA) is 95.9 Å². The molecule has 0 saturated heterocycles. The molecule has 0 aliphatic carbocycles. The van der Waals surface area contributed by atoms with Gasteiger partial charge in [-0.15, -0.1) is 0 Å². The van der Waals surface area contributed by atoms with Gasteiger partial charge in [0.2, 0.25) is 5.91 Å². The first-order valence-corrected chi connectivity index (χ1v) is 7.50. The summed E-state index contributed by atoms with van der Waals surface area (Å²) in [5.41, 5.74) is 0.736. The molecule has 1 aromatic rings. The van der Waals surface area contributed by atoms with Gasteiger partial charge < -0.3 is 15.1 Å². The summed E-state index contributed by atoms with van der Waals surface area (Å²) in [6.45, 7) is 1.60. The number of benzene rings is 1. The normalized spacial score (nSPS) is 13.0. The number of phosphoric acid groups is 1. The summed E-state index contributed by atoms with van der Waals surface area (Å²) in [7, 11) is -4.55. The van der Waals surface area contributed by atoms with Crippen molar-refractivity contribution in [1.29, 1.82) is 0 Å². The molecule has 0 bridgehead atoms. The van der Waals surface area contributed by atoms with Gasteiger partial charge in [-0.3, -0.25) is 9.32 Å². The number of hydrogen-bond acceptors (Lipinski definition) is 3. The summed E-state index contributed by atoms with van der Waals surface area (Å²) in [6.07, 6.45) is 1.06. The Hall–Kier alpha value is -1.20. The minimum absolute atomic E-state index is 0.175. The van der Waals surface area contributed by atoms with Gasteiger partial charge >= 0.3 is 7.82 Å². The maximum Gasteiger partial charge on any atom is 0.469 e. The van der Waals surface area contributed by atoms with Crippen LogP contribution in [0.3, 0.4) is 0 Å². The van der Waals surface area contributed by atoms with Gasteiger partial charge in [-0.05, 0) is 12.0 Å². The van der Waals surface area contributed by atoms with Gasteiger partial charge in [-0.2, -0.15) is 0 Å². The highest BCUT2D eigenvalue weighted by Gasteiger charge is 2.20. The number of rotatable bonds is 7. The molecule has 0 aromatic heterocycles. The van der Waals surface area contributed by atoms with Crippen molar-refractivity contribution in [3.05, 3.63) is 35.9 Å². The van der Waals surface area contributed by atoms with Gasteiger partial charge in [-0.1, -0.05) is 37.3 Å². The highest BCUT2D eigenvalue weighted by Crippen LogP contribution is 2.37. The number of carbonyl (C=O) groups is 1. The highest BCUT2D eigenvalue weighted by molar-refractivity contribution is 7.46. The van der Waals surface area contributed by atoms with E-state index in [1.165, 1.54) is 0 Å². The lowest BCUT2D eigenvalue weighted by Crippen LogP contribution is -2.31. The Labute approximate surface area is 112 Å². The number of phosphoric ester groups is 1. The first kappa shape index (κ1) is 15.9. The average Bonchev–Trinajstić information content (AvgIpc) is 2.35. The van der Waals surface area contributed by atoms with Crippen molar-refractivity contribution in [3.63, 3.8) is 0 Å². The average molecular weight is 287 g/mol. The van der Waals surface area contributed by atoms with Crippen molar-refractivity contribution in [2.24, 2.45) is 0 Å². The molecule has 1 atom stereocenters. The van der Waals surface area contributed by atoms with Crippen molar-refractivity contribution in [2.45, 2.75) is 25.8 Å². The van der Waals surface area contributed by atoms with Crippen molar-refractivity contribution in [3.8, 4) is 0 Å². The van der Waals surface area contributed by atoms with Crippen molar-refractivity contribution in [1.82, 2.24) is 5.32 Å². The molecule has 0 saturated carbocycles. The number of carbonyl (C=O) groups excluding carboxylic acids is 1. The van der Waals surface area contributed by atoms with Gasteiger partial charge in [0.15, 0.2) is 0 Å². The Balaban J connectivity index is 2.73. The second-order valence-electron chi connectivity index (χ2n) is 4.07. The van der Waals surface area contributed by atoms with Crippen LogP contribution in [0.1, 0.15) is 31.4 Å². The predicted molar refractivity (Wildman–Crippen MR) is 70.2 cm³/mol. The largest absolute Gasteiger partial charge is 0.469 e. The molecule has 6 nitrogen and oxygen atoms in total. The minimum Gasteiger partial charge on any atom is -0.347 e. The van der Waals surface area contributed by atoms with E-state index in [1.807, 2.05) is 13.0 Å². The van der Waals surface area contributed by atoms with Crippen LogP contribution in [0.25, 0.3) is 0 Å². The summed E-state index contributed by atoms with van der Waals surface area (Å²) in [4.78, 5) is 29.0. The van der Waals surface area contributed by atoms with Crippen LogP contribution in [0, 0.1) is 0 Å². The maximum absolute atomic E-state index is 11.6. The maximum atomic E-state index is 11.6. The zero-order valence-electron chi connectivity index (χ0n) is 10.7. The zero-order chi connectivity index (χ0) is 14.3. The molecule has 0 aliphatic heterocycles. The monoisotopic (exact) mass is 287 g/mol. The summed E-state index contributed by atoms with van der Waals surface area (Å²) in [6, 6.07) is 8.34. The molecular formula is C12H18NO5P. The standard InChI is InChI=1S/C12H18NO5P/c1-2-6-12(14)13-11(9-18-19(15,16)17)10-7-4-3-5-8-10/h3-5,7-8,11H,2,6,9H2,1H3,(H,13,14)(H2,15,16,17)/t11-/m1/s1. The lowest BCUT2D eigenvalue weighted by molar-refractivity contribution is -0.122. The van der Waals surface area contributed by atoms with Crippen LogP contribution in [-0.2, 0) is 13.9 Å². The Bertz CT molecular complexity index is 445. The third-order valence-electron chi connectivity index (χ3n) is 2.42. The first-order valence-electron chi connectivity index (χ1n) is 5.96. The van der Waals surface area contributed by atoms with Crippen LogP contribution in [0.5, 0.6) is 0 Å². The predicted octanol–water partition coefficient (Wildman–Crippen LogP) is 1.75. The SMILES string of the molecule is CCCC(=O)N[C@H](COP(=O)(O)O)c1ccccc1. The third kappa shape index (κ3) is 6.50. The summed E-state index contributed by atoms with van der Waals surface area (Å²) in [5, 5.41) is 2.70. The van der Waals surface area contributed by atoms with Crippen molar-refractivity contribution in [2.75, 3.05) is 6.61 Å². The quantitative estimate of drug-likeness (QED) is 0.664. The Kier molecular flexibility index (Phi) is 6.18. The molecule has 106 valence electrons. The summed E-state index contributed by atoms with van der Waals surface area (Å²) < 4.78 is 15.2. The van der Waals surface area contributed by atoms with Crippen LogP contribution in [0.15, 0.2) is 30.3 Å². The van der Waals surface area contributed by atoms with Crippen LogP contribution in [0.2, 0.25) is 0 Å². The van der Waals surface area contributed by atoms with Crippen molar-refractivity contribution >= 4 is 13.7 Å². The van der Waals surface area contributed by atoms with Crippen LogP contribution in [-0.4, -0.2) is 22.3 Å². The third-order valence-corrected chi connectivity index (χ3v) is 2.91. The molecule has 7 heteroatoms. The van der Waals surface area contributed by atoms with E-state index < -0.39 is 13.9 Å². The smallest absolute Gasteiger partial charge is 0.347 e. The van der Waals surface area contributed by atoms with Crippen LogP contribution >= 0.6 is 7.82 Å². The summed E-state index contributed by atoms with van der Waals surface area (Å²) in [5.74, 6) is -0.175. The lowest BCUT2D eigenvalue weighted by Gasteiger charge is -2.19. The van der Waals surface area contributed by atoms with Gasteiger partial charge in [0.1, 0.15) is 0 Å². The number of amides is 1. The molecule has 0 aliphatic rings. The second-order valence-corrected chi connectivity index (χ2v) is 5.31. The fourth-order valence-electron chi connectivity index (χ4n) is 1.57. The molecule has 1 aromatic carbocycles. The molecule has 0 heterocycles. The fourth-order valence-corrected chi connectivity index (χ4v) is 1.92. The summed E-state index contributed by atoms with van der Waals surface area (Å²) >= 11 is 0. The molecule has 0 radical (unpaired) electrons. The molecule has 0 unspecified atom stereocenters. The molecule has 3 N–H and O–H groups in total. The van der Waals surface area contributed by atoms with E-state index in [4.69, 9.17) is 9.79 Å². The van der Waals surface area contributed by atoms with E-state index in [0.29, 0.717) is 12.8 Å². The van der Waals surface area contributed by atoms with Crippen LogP contribution < -0.4 is 5.32 Å². The zero-order valence-corrected chi connectivity index (χ0v) is 11.5. The van der Waals surface area contributed by atoms with Crippen molar-refractivity contribution < 1.29 is 23.7 Å². The lowest BCUT2D eigenvalue weighted by atomic mass is 10.1. The number of nitrogens with one attached hydrogen (secondary N) is 1. The Morgan fingerprint density at radius 2 is 2.00 bits per heavy atom. The second kappa shape index (κ2) is 7.40. The highest BCUT2D eigenvalue weighted by atomic mass is 31.2. The Morgan fingerprint density at radius 3 is 2.53 bits per heavy atom. The molecule has 1 rings (SSSR count). The van der Waals surface area contributed by atoms with Gasteiger partial charge in [0.05, 0.1) is 12.6 Å². The number of hydrogen-bond donors (Lipinski definition) is 3. The van der Waals surface area contributed by atoms with Gasteiger partial charge in [0.25, 0.3) is 0 Å².